The van der Waals surface area contributed by atoms with Crippen molar-refractivity contribution in [3.8, 4) is 0 Å². The van der Waals surface area contributed by atoms with Crippen LogP contribution in [0.15, 0.2) is 27.8 Å². The summed E-state index contributed by atoms with van der Waals surface area (Å²) in [7, 11) is 0. The molecule has 7 heteroatoms. The molecule has 1 aromatic rings. The average Bonchev–Trinajstić information content (AvgIpc) is 3.41. The molecule has 4 unspecified atom stereocenters. The molecular formula is C22H35IN4O2. The number of likely N-dealkylation sites (tertiary alicyclic amines) is 1. The maximum Gasteiger partial charge on any atom is 0.191 e. The summed E-state index contributed by atoms with van der Waals surface area (Å²) >= 11 is 0. The molecule has 1 aromatic heterocycles. The second kappa shape index (κ2) is 9.14. The van der Waals surface area contributed by atoms with E-state index in [0.717, 1.165) is 44.5 Å². The van der Waals surface area contributed by atoms with Gasteiger partial charge in [0.25, 0.3) is 0 Å². The van der Waals surface area contributed by atoms with Crippen molar-refractivity contribution in [1.82, 2.24) is 15.5 Å². The van der Waals surface area contributed by atoms with Gasteiger partial charge in [0.05, 0.1) is 25.0 Å². The van der Waals surface area contributed by atoms with E-state index in [9.17, 15) is 0 Å². The largest absolute Gasteiger partial charge is 0.468 e. The van der Waals surface area contributed by atoms with Gasteiger partial charge in [-0.3, -0.25) is 9.89 Å². The minimum absolute atomic E-state index is 0. The van der Waals surface area contributed by atoms with Crippen LogP contribution in [0.5, 0.6) is 0 Å². The fourth-order valence-corrected chi connectivity index (χ4v) is 6.02. The normalized spacial score (nSPS) is 31.5. The molecule has 162 valence electrons. The molecule has 2 saturated carbocycles. The molecule has 29 heavy (non-hydrogen) atoms. The number of aliphatic imine (C=N–C) groups is 1. The van der Waals surface area contributed by atoms with Crippen LogP contribution >= 0.6 is 24.0 Å². The van der Waals surface area contributed by atoms with Gasteiger partial charge in [0.1, 0.15) is 5.76 Å². The van der Waals surface area contributed by atoms with Gasteiger partial charge in [0, 0.05) is 30.5 Å². The number of halogens is 1. The van der Waals surface area contributed by atoms with Gasteiger partial charge in [-0.05, 0) is 64.3 Å². The Hall–Kier alpha value is -0.800. The van der Waals surface area contributed by atoms with Gasteiger partial charge >= 0.3 is 0 Å². The number of guanidine groups is 1. The first-order chi connectivity index (χ1) is 13.8. The molecule has 3 heterocycles. The third-order valence-electron chi connectivity index (χ3n) is 7.55. The maximum absolute atomic E-state index is 6.08. The summed E-state index contributed by atoms with van der Waals surface area (Å²) in [6.07, 6.45) is 9.94. The molecule has 4 aliphatic rings. The van der Waals surface area contributed by atoms with Crippen LogP contribution in [0.3, 0.4) is 0 Å². The van der Waals surface area contributed by atoms with Gasteiger partial charge in [-0.25, -0.2) is 0 Å². The third kappa shape index (κ3) is 3.82. The second-order valence-electron chi connectivity index (χ2n) is 8.95. The van der Waals surface area contributed by atoms with E-state index in [-0.39, 0.29) is 30.0 Å². The molecule has 4 atom stereocenters. The van der Waals surface area contributed by atoms with Gasteiger partial charge < -0.3 is 19.8 Å². The van der Waals surface area contributed by atoms with Crippen molar-refractivity contribution in [3.63, 3.8) is 0 Å². The Morgan fingerprint density at radius 1 is 1.31 bits per heavy atom. The summed E-state index contributed by atoms with van der Waals surface area (Å²) < 4.78 is 11.8. The van der Waals surface area contributed by atoms with Crippen molar-refractivity contribution in [3.05, 3.63) is 24.2 Å². The average molecular weight is 514 g/mol. The first-order valence-corrected chi connectivity index (χ1v) is 11.3. The fourth-order valence-electron chi connectivity index (χ4n) is 6.02. The Morgan fingerprint density at radius 2 is 2.14 bits per heavy atom. The lowest BCUT2D eigenvalue weighted by Gasteiger charge is -2.63. The summed E-state index contributed by atoms with van der Waals surface area (Å²) in [5.74, 6) is 2.65. The summed E-state index contributed by atoms with van der Waals surface area (Å²) in [5.41, 5.74) is 0.368. The van der Waals surface area contributed by atoms with Crippen molar-refractivity contribution in [2.45, 2.75) is 63.6 Å². The lowest BCUT2D eigenvalue weighted by Crippen LogP contribution is -2.72. The number of furan rings is 1. The summed E-state index contributed by atoms with van der Waals surface area (Å²) in [5, 5.41) is 7.31. The Balaban J connectivity index is 0.00000205. The first kappa shape index (κ1) is 21.4. The van der Waals surface area contributed by atoms with Crippen LogP contribution in [0.1, 0.15) is 57.3 Å². The molecule has 6 nitrogen and oxygen atoms in total. The highest BCUT2D eigenvalue weighted by molar-refractivity contribution is 14.0. The van der Waals surface area contributed by atoms with E-state index in [2.05, 4.69) is 28.5 Å². The van der Waals surface area contributed by atoms with E-state index in [1.54, 1.807) is 6.26 Å². The van der Waals surface area contributed by atoms with Crippen molar-refractivity contribution in [1.29, 1.82) is 0 Å². The molecule has 0 aromatic carbocycles. The number of rotatable bonds is 6. The fraction of sp³-hybridized carbons (Fsp3) is 0.773. The van der Waals surface area contributed by atoms with Crippen LogP contribution in [-0.2, 0) is 4.74 Å². The molecule has 2 N–H and O–H groups in total. The second-order valence-corrected chi connectivity index (χ2v) is 8.95. The Kier molecular flexibility index (Phi) is 6.75. The SMILES string of the molecule is CCNC(=NCC(c1ccco1)N1CCCC1)NC1C2CCOC2C12CCC2.I. The Bertz CT molecular complexity index is 685. The zero-order chi connectivity index (χ0) is 19.0. The van der Waals surface area contributed by atoms with Crippen molar-refractivity contribution < 1.29 is 9.15 Å². The summed E-state index contributed by atoms with van der Waals surface area (Å²) in [6.45, 7) is 6.95. The van der Waals surface area contributed by atoms with Gasteiger partial charge in [0.2, 0.25) is 0 Å². The number of nitrogens with one attached hydrogen (secondary N) is 2. The maximum atomic E-state index is 6.08. The van der Waals surface area contributed by atoms with E-state index in [1.807, 2.05) is 6.07 Å². The van der Waals surface area contributed by atoms with Crippen LogP contribution in [-0.4, -0.2) is 55.8 Å². The number of fused-ring (bicyclic) bond motifs is 2. The molecule has 2 aliphatic carbocycles. The molecule has 0 bridgehead atoms. The molecular weight excluding hydrogens is 479 g/mol. The molecule has 4 fully saturated rings. The van der Waals surface area contributed by atoms with Gasteiger partial charge in [0.15, 0.2) is 5.96 Å². The lowest BCUT2D eigenvalue weighted by atomic mass is 9.46. The van der Waals surface area contributed by atoms with E-state index >= 15 is 0 Å². The molecule has 2 saturated heterocycles. The zero-order valence-electron chi connectivity index (χ0n) is 17.4. The van der Waals surface area contributed by atoms with Crippen LogP contribution in [0.2, 0.25) is 0 Å². The quantitative estimate of drug-likeness (QED) is 0.346. The van der Waals surface area contributed by atoms with Crippen LogP contribution in [0.25, 0.3) is 0 Å². The van der Waals surface area contributed by atoms with Crippen LogP contribution in [0, 0.1) is 11.3 Å². The number of hydrogen-bond acceptors (Lipinski definition) is 4. The highest BCUT2D eigenvalue weighted by Gasteiger charge is 2.66. The summed E-state index contributed by atoms with van der Waals surface area (Å²) in [6, 6.07) is 4.82. The highest BCUT2D eigenvalue weighted by atomic mass is 127. The van der Waals surface area contributed by atoms with E-state index in [0.29, 0.717) is 23.5 Å². The minimum atomic E-state index is 0. The Morgan fingerprint density at radius 3 is 2.79 bits per heavy atom. The van der Waals surface area contributed by atoms with Crippen molar-refractivity contribution in [2.75, 3.05) is 32.8 Å². The molecule has 5 rings (SSSR count). The van der Waals surface area contributed by atoms with Crippen LogP contribution in [0.4, 0.5) is 0 Å². The summed E-state index contributed by atoms with van der Waals surface area (Å²) in [4.78, 5) is 7.54. The van der Waals surface area contributed by atoms with E-state index in [4.69, 9.17) is 14.1 Å². The predicted molar refractivity (Wildman–Crippen MR) is 125 cm³/mol. The minimum Gasteiger partial charge on any atom is -0.468 e. The highest BCUT2D eigenvalue weighted by Crippen LogP contribution is 2.62. The third-order valence-corrected chi connectivity index (χ3v) is 7.55. The molecule has 0 amide bonds. The monoisotopic (exact) mass is 514 g/mol. The first-order valence-electron chi connectivity index (χ1n) is 11.3. The Labute approximate surface area is 191 Å². The van der Waals surface area contributed by atoms with E-state index < -0.39 is 0 Å². The number of nitrogens with zero attached hydrogens (tertiary/aromatic N) is 2. The topological polar surface area (TPSA) is 62.0 Å². The predicted octanol–water partition coefficient (Wildman–Crippen LogP) is 3.55. The van der Waals surface area contributed by atoms with E-state index in [1.165, 1.54) is 38.5 Å². The van der Waals surface area contributed by atoms with Crippen molar-refractivity contribution in [2.24, 2.45) is 16.3 Å². The molecule has 0 radical (unpaired) electrons. The molecule has 2 aliphatic heterocycles. The smallest absolute Gasteiger partial charge is 0.191 e. The van der Waals surface area contributed by atoms with Crippen LogP contribution < -0.4 is 10.6 Å². The van der Waals surface area contributed by atoms with Gasteiger partial charge in [-0.15, -0.1) is 24.0 Å². The number of ether oxygens (including phenoxy) is 1. The lowest BCUT2D eigenvalue weighted by molar-refractivity contribution is -0.171. The zero-order valence-corrected chi connectivity index (χ0v) is 19.8. The number of hydrogen-bond donors (Lipinski definition) is 2. The van der Waals surface area contributed by atoms with Gasteiger partial charge in [-0.1, -0.05) is 6.42 Å². The standard InChI is InChI=1S/C22H34N4O2.HI/c1-2-23-21(25-19-16-8-14-28-20(16)22(19)9-6-10-22)24-15-17(18-7-5-13-27-18)26-11-3-4-12-26;/h5,7,13,16-17,19-20H,2-4,6,8-12,14-15H2,1H3,(H2,23,24,25);1H. The molecule has 1 spiro atoms. The van der Waals surface area contributed by atoms with Gasteiger partial charge in [-0.2, -0.15) is 0 Å². The van der Waals surface area contributed by atoms with Crippen molar-refractivity contribution >= 4 is 29.9 Å².